The fourth-order valence-corrected chi connectivity index (χ4v) is 4.96. The van der Waals surface area contributed by atoms with Gasteiger partial charge in [0.25, 0.3) is 0 Å². The lowest BCUT2D eigenvalue weighted by Gasteiger charge is -2.25. The molecule has 0 atom stereocenters. The second-order valence-electron chi connectivity index (χ2n) is 7.45. The summed E-state index contributed by atoms with van der Waals surface area (Å²) in [5.74, 6) is -1.14. The number of likely N-dealkylation sites (N-methyl/N-ethyl adjacent to an activating group) is 1. The van der Waals surface area contributed by atoms with E-state index in [4.69, 9.17) is 0 Å². The molecule has 28 heavy (non-hydrogen) atoms. The minimum absolute atomic E-state index is 0.00315. The van der Waals surface area contributed by atoms with E-state index in [1.165, 1.54) is 17.7 Å². The summed E-state index contributed by atoms with van der Waals surface area (Å²) in [6.07, 6.45) is 2.07. The third-order valence-electron chi connectivity index (χ3n) is 5.29. The molecule has 0 saturated heterocycles. The van der Waals surface area contributed by atoms with Crippen molar-refractivity contribution in [1.82, 2.24) is 4.90 Å². The summed E-state index contributed by atoms with van der Waals surface area (Å²) >= 11 is 0. The molecular formula is C20H21N3O4S. The predicted octanol–water partition coefficient (Wildman–Crippen LogP) is 2.61. The van der Waals surface area contributed by atoms with Crippen LogP contribution in [-0.4, -0.2) is 44.6 Å². The number of rotatable bonds is 4. The van der Waals surface area contributed by atoms with Gasteiger partial charge in [0.2, 0.25) is 5.91 Å². The van der Waals surface area contributed by atoms with Gasteiger partial charge in [-0.05, 0) is 36.6 Å². The number of hydrogen-bond donors (Lipinski definition) is 2. The van der Waals surface area contributed by atoms with Crippen LogP contribution < -0.4 is 10.6 Å². The summed E-state index contributed by atoms with van der Waals surface area (Å²) in [4.78, 5) is 25.8. The van der Waals surface area contributed by atoms with Gasteiger partial charge >= 0.3 is 6.03 Å². The van der Waals surface area contributed by atoms with Crippen molar-refractivity contribution in [2.45, 2.75) is 23.2 Å². The molecule has 3 amide bonds. The number of anilines is 2. The van der Waals surface area contributed by atoms with Gasteiger partial charge < -0.3 is 15.5 Å². The second-order valence-corrected chi connectivity index (χ2v) is 9.41. The largest absolute Gasteiger partial charge is 0.327 e. The van der Waals surface area contributed by atoms with Crippen LogP contribution in [0.5, 0.6) is 0 Å². The number of nitrogens with zero attached hydrogens (tertiary/aromatic N) is 1. The molecule has 1 heterocycles. The molecule has 0 radical (unpaired) electrons. The van der Waals surface area contributed by atoms with E-state index in [0.29, 0.717) is 12.2 Å². The van der Waals surface area contributed by atoms with Gasteiger partial charge in [-0.3, -0.25) is 4.79 Å². The van der Waals surface area contributed by atoms with E-state index in [1.54, 1.807) is 18.0 Å². The number of amides is 3. The van der Waals surface area contributed by atoms with Crippen LogP contribution in [0.2, 0.25) is 0 Å². The summed E-state index contributed by atoms with van der Waals surface area (Å²) in [5.41, 5.74) is 1.84. The van der Waals surface area contributed by atoms with E-state index < -0.39 is 21.5 Å². The van der Waals surface area contributed by atoms with Crippen LogP contribution in [0.15, 0.2) is 53.4 Å². The molecule has 2 aromatic rings. The molecule has 1 saturated carbocycles. The highest BCUT2D eigenvalue weighted by atomic mass is 32.2. The number of carbonyl (C=O) groups is 2. The maximum Gasteiger partial charge on any atom is 0.321 e. The molecule has 2 aliphatic rings. The topological polar surface area (TPSA) is 95.6 Å². The molecule has 0 spiro atoms. The van der Waals surface area contributed by atoms with E-state index in [0.717, 1.165) is 12.8 Å². The minimum atomic E-state index is -3.70. The Hall–Kier alpha value is -2.87. The van der Waals surface area contributed by atoms with Gasteiger partial charge in [0.1, 0.15) is 5.75 Å². The van der Waals surface area contributed by atoms with E-state index >= 15 is 0 Å². The molecule has 8 heteroatoms. The fourth-order valence-electron chi connectivity index (χ4n) is 3.62. The summed E-state index contributed by atoms with van der Waals surface area (Å²) < 4.78 is 24.4. The van der Waals surface area contributed by atoms with Crippen molar-refractivity contribution in [2.24, 2.45) is 0 Å². The zero-order valence-corrected chi connectivity index (χ0v) is 16.3. The Kier molecular flexibility index (Phi) is 4.38. The van der Waals surface area contributed by atoms with Gasteiger partial charge in [-0.25, -0.2) is 13.2 Å². The van der Waals surface area contributed by atoms with Gasteiger partial charge in [0.15, 0.2) is 9.84 Å². The molecule has 2 aromatic carbocycles. The lowest BCUT2D eigenvalue weighted by atomic mass is 9.95. The minimum Gasteiger partial charge on any atom is -0.327 e. The smallest absolute Gasteiger partial charge is 0.321 e. The van der Waals surface area contributed by atoms with Crippen LogP contribution in [-0.2, 0) is 20.0 Å². The van der Waals surface area contributed by atoms with Crippen molar-refractivity contribution in [2.75, 3.05) is 30.0 Å². The van der Waals surface area contributed by atoms with Gasteiger partial charge in [-0.1, -0.05) is 30.3 Å². The van der Waals surface area contributed by atoms with Gasteiger partial charge in [0, 0.05) is 24.7 Å². The lowest BCUT2D eigenvalue weighted by Crippen LogP contribution is -2.37. The number of benzene rings is 2. The first-order valence-electron chi connectivity index (χ1n) is 9.03. The Morgan fingerprint density at radius 1 is 1.18 bits per heavy atom. The van der Waals surface area contributed by atoms with Crippen molar-refractivity contribution < 1.29 is 18.0 Å². The van der Waals surface area contributed by atoms with Crippen LogP contribution in [0.3, 0.4) is 0 Å². The second kappa shape index (κ2) is 6.63. The van der Waals surface area contributed by atoms with E-state index in [1.807, 2.05) is 18.2 Å². The monoisotopic (exact) mass is 399 g/mol. The third-order valence-corrected chi connectivity index (χ3v) is 6.94. The standard InChI is InChI=1S/C20H21N3O4S/c1-23(13-20(9-10-20)14-5-3-2-4-6-14)19(25)21-15-7-8-16-17(11-15)28(26,27)12-18(24)22-16/h2-8,11H,9-10,12-13H2,1H3,(H,21,25)(H,22,24). The lowest BCUT2D eigenvalue weighted by molar-refractivity contribution is -0.114. The van der Waals surface area contributed by atoms with E-state index in [-0.39, 0.29) is 22.0 Å². The quantitative estimate of drug-likeness (QED) is 0.826. The third kappa shape index (κ3) is 3.47. The zero-order chi connectivity index (χ0) is 19.9. The molecule has 146 valence electrons. The molecule has 0 bridgehead atoms. The fraction of sp³-hybridized carbons (Fsp3) is 0.300. The Morgan fingerprint density at radius 3 is 2.57 bits per heavy atom. The average molecular weight is 399 g/mol. The first-order chi connectivity index (χ1) is 13.3. The molecule has 0 unspecified atom stereocenters. The number of carbonyl (C=O) groups excluding carboxylic acids is 2. The first-order valence-corrected chi connectivity index (χ1v) is 10.7. The van der Waals surface area contributed by atoms with Crippen molar-refractivity contribution >= 4 is 33.2 Å². The number of nitrogens with one attached hydrogen (secondary N) is 2. The van der Waals surface area contributed by atoms with Crippen molar-refractivity contribution in [3.05, 3.63) is 54.1 Å². The predicted molar refractivity (Wildman–Crippen MR) is 106 cm³/mol. The van der Waals surface area contributed by atoms with Gasteiger partial charge in [0.05, 0.1) is 10.6 Å². The molecular weight excluding hydrogens is 378 g/mol. The molecule has 7 nitrogen and oxygen atoms in total. The summed E-state index contributed by atoms with van der Waals surface area (Å²) in [6, 6.07) is 14.3. The van der Waals surface area contributed by atoms with Crippen molar-refractivity contribution in [3.63, 3.8) is 0 Å². The molecule has 2 N–H and O–H groups in total. The Balaban J connectivity index is 1.48. The molecule has 1 aliphatic carbocycles. The highest BCUT2D eigenvalue weighted by molar-refractivity contribution is 7.92. The highest BCUT2D eigenvalue weighted by Crippen LogP contribution is 2.48. The number of sulfone groups is 1. The Bertz CT molecular complexity index is 1050. The maximum absolute atomic E-state index is 12.6. The molecule has 1 aliphatic heterocycles. The van der Waals surface area contributed by atoms with Gasteiger partial charge in [-0.15, -0.1) is 0 Å². The van der Waals surface area contributed by atoms with Crippen LogP contribution in [0, 0.1) is 0 Å². The van der Waals surface area contributed by atoms with Gasteiger partial charge in [-0.2, -0.15) is 0 Å². The van der Waals surface area contributed by atoms with Crippen LogP contribution in [0.25, 0.3) is 0 Å². The Morgan fingerprint density at radius 2 is 1.89 bits per heavy atom. The molecule has 0 aromatic heterocycles. The number of fused-ring (bicyclic) bond motifs is 1. The Labute approximate surface area is 163 Å². The highest BCUT2D eigenvalue weighted by Gasteiger charge is 2.45. The molecule has 4 rings (SSSR count). The molecule has 1 fully saturated rings. The summed E-state index contributed by atoms with van der Waals surface area (Å²) in [7, 11) is -1.97. The van der Waals surface area contributed by atoms with Crippen LogP contribution in [0.4, 0.5) is 16.2 Å². The maximum atomic E-state index is 12.6. The zero-order valence-electron chi connectivity index (χ0n) is 15.4. The average Bonchev–Trinajstić information content (AvgIpc) is 3.43. The normalized spacial score (nSPS) is 18.5. The van der Waals surface area contributed by atoms with Crippen molar-refractivity contribution in [3.8, 4) is 0 Å². The van der Waals surface area contributed by atoms with Crippen LogP contribution >= 0.6 is 0 Å². The first kappa shape index (κ1) is 18.5. The number of hydrogen-bond acceptors (Lipinski definition) is 4. The van der Waals surface area contributed by atoms with Crippen LogP contribution in [0.1, 0.15) is 18.4 Å². The van der Waals surface area contributed by atoms with E-state index in [2.05, 4.69) is 22.8 Å². The van der Waals surface area contributed by atoms with E-state index in [9.17, 15) is 18.0 Å². The number of urea groups is 1. The summed E-state index contributed by atoms with van der Waals surface area (Å²) in [6.45, 7) is 0.585. The summed E-state index contributed by atoms with van der Waals surface area (Å²) in [5, 5.41) is 5.29. The van der Waals surface area contributed by atoms with Crippen molar-refractivity contribution in [1.29, 1.82) is 0 Å². The SMILES string of the molecule is CN(CC1(c2ccccc2)CC1)C(=O)Nc1ccc2c(c1)S(=O)(=O)CC(=O)N2.